The molecule has 2 aromatic carbocycles. The molecule has 4 saturated carbocycles. The Morgan fingerprint density at radius 2 is 1.50 bits per heavy atom. The molecule has 0 N–H and O–H groups in total. The van der Waals surface area contributed by atoms with Gasteiger partial charge in [0.05, 0.1) is 0 Å². The van der Waals surface area contributed by atoms with Gasteiger partial charge in [0.15, 0.2) is 19.0 Å². The summed E-state index contributed by atoms with van der Waals surface area (Å²) in [5, 5.41) is 2.02. The molecule has 28 heavy (non-hydrogen) atoms. The lowest BCUT2D eigenvalue weighted by molar-refractivity contribution is -0.158. The maximum Gasteiger partial charge on any atom is 0.344 e. The van der Waals surface area contributed by atoms with Crippen LogP contribution in [0.2, 0.25) is 0 Å². The molecule has 4 fully saturated rings. The second-order valence-corrected chi connectivity index (χ2v) is 9.05. The fourth-order valence-corrected chi connectivity index (χ4v) is 6.25. The second kappa shape index (κ2) is 6.91. The Labute approximate surface area is 165 Å². The Morgan fingerprint density at radius 1 is 0.857 bits per heavy atom. The third-order valence-electron chi connectivity index (χ3n) is 7.09. The van der Waals surface area contributed by atoms with Gasteiger partial charge in [-0.05, 0) is 67.7 Å². The quantitative estimate of drug-likeness (QED) is 0.692. The lowest BCUT2D eigenvalue weighted by Gasteiger charge is -2.55. The third kappa shape index (κ3) is 3.19. The molecule has 0 atom stereocenters. The summed E-state index contributed by atoms with van der Waals surface area (Å²) in [7, 11) is 0. The molecule has 6 rings (SSSR count). The first kappa shape index (κ1) is 17.7. The zero-order valence-electron chi connectivity index (χ0n) is 16.1. The number of ether oxygens (including phenoxy) is 2. The van der Waals surface area contributed by atoms with Gasteiger partial charge >= 0.3 is 5.97 Å². The second-order valence-electron chi connectivity index (χ2n) is 9.05. The predicted molar refractivity (Wildman–Crippen MR) is 106 cm³/mol. The summed E-state index contributed by atoms with van der Waals surface area (Å²) < 4.78 is 11.0. The van der Waals surface area contributed by atoms with Crippen molar-refractivity contribution in [1.29, 1.82) is 0 Å². The van der Waals surface area contributed by atoms with Crippen LogP contribution in [0, 0.1) is 23.2 Å². The number of hydrogen-bond donors (Lipinski definition) is 0. The minimum Gasteiger partial charge on any atom is -0.481 e. The Balaban J connectivity index is 1.17. The summed E-state index contributed by atoms with van der Waals surface area (Å²) >= 11 is 0. The molecule has 4 heteroatoms. The van der Waals surface area contributed by atoms with Crippen LogP contribution in [0.3, 0.4) is 0 Å². The van der Waals surface area contributed by atoms with Gasteiger partial charge in [-0.15, -0.1) is 0 Å². The summed E-state index contributed by atoms with van der Waals surface area (Å²) in [5.74, 6) is 2.43. The lowest BCUT2D eigenvalue weighted by atomic mass is 9.48. The summed E-state index contributed by atoms with van der Waals surface area (Å²) in [6, 6.07) is 13.6. The molecule has 4 bridgehead atoms. The van der Waals surface area contributed by atoms with E-state index in [0.29, 0.717) is 23.5 Å². The van der Waals surface area contributed by atoms with Gasteiger partial charge in [-0.25, -0.2) is 4.79 Å². The van der Waals surface area contributed by atoms with Crippen LogP contribution in [0.4, 0.5) is 0 Å². The molecule has 0 aliphatic heterocycles. The maximum absolute atomic E-state index is 12.9. The van der Waals surface area contributed by atoms with Crippen LogP contribution in [0.5, 0.6) is 5.75 Å². The largest absolute Gasteiger partial charge is 0.481 e. The number of ketones is 1. The van der Waals surface area contributed by atoms with Crippen LogP contribution in [0.15, 0.2) is 42.5 Å². The number of rotatable bonds is 6. The highest BCUT2D eigenvalue weighted by molar-refractivity contribution is 5.89. The van der Waals surface area contributed by atoms with E-state index in [2.05, 4.69) is 0 Å². The smallest absolute Gasteiger partial charge is 0.344 e. The van der Waals surface area contributed by atoms with E-state index < -0.39 is 5.97 Å². The minimum absolute atomic E-state index is 0.107. The highest BCUT2D eigenvalue weighted by atomic mass is 16.6. The Kier molecular flexibility index (Phi) is 4.37. The van der Waals surface area contributed by atoms with Crippen molar-refractivity contribution in [3.05, 3.63) is 42.5 Å². The molecule has 4 nitrogen and oxygen atoms in total. The predicted octanol–water partition coefficient (Wildman–Crippen LogP) is 4.55. The van der Waals surface area contributed by atoms with E-state index in [9.17, 15) is 9.59 Å². The molecular weight excluding hydrogens is 352 g/mol. The maximum atomic E-state index is 12.9. The average molecular weight is 378 g/mol. The molecule has 146 valence electrons. The van der Waals surface area contributed by atoms with Crippen LogP contribution < -0.4 is 4.74 Å². The van der Waals surface area contributed by atoms with E-state index in [1.165, 1.54) is 19.3 Å². The first-order chi connectivity index (χ1) is 13.6. The van der Waals surface area contributed by atoms with E-state index in [0.717, 1.165) is 30.0 Å². The van der Waals surface area contributed by atoms with Crippen molar-refractivity contribution in [1.82, 2.24) is 0 Å². The average Bonchev–Trinajstić information content (AvgIpc) is 2.69. The van der Waals surface area contributed by atoms with Gasteiger partial charge < -0.3 is 9.47 Å². The Morgan fingerprint density at radius 3 is 2.21 bits per heavy atom. The molecule has 0 radical (unpaired) electrons. The molecular formula is C24H26O4. The zero-order valence-corrected chi connectivity index (χ0v) is 16.1. The van der Waals surface area contributed by atoms with E-state index in [4.69, 9.17) is 9.47 Å². The number of carbonyl (C=O) groups is 2. The fourth-order valence-electron chi connectivity index (χ4n) is 6.25. The minimum atomic E-state index is -0.481. The number of fused-ring (bicyclic) bond motifs is 1. The number of esters is 1. The van der Waals surface area contributed by atoms with E-state index in [1.807, 2.05) is 42.5 Å². The molecule has 0 amide bonds. The summed E-state index contributed by atoms with van der Waals surface area (Å²) in [5.41, 5.74) is -0.217. The molecule has 0 spiro atoms. The van der Waals surface area contributed by atoms with Gasteiger partial charge in [0.2, 0.25) is 0 Å². The van der Waals surface area contributed by atoms with Crippen LogP contribution >= 0.6 is 0 Å². The number of hydrogen-bond acceptors (Lipinski definition) is 4. The topological polar surface area (TPSA) is 52.6 Å². The molecule has 0 aromatic heterocycles. The van der Waals surface area contributed by atoms with Gasteiger partial charge in [0.25, 0.3) is 0 Å². The molecule has 0 unspecified atom stereocenters. The van der Waals surface area contributed by atoms with Crippen molar-refractivity contribution in [2.75, 3.05) is 13.2 Å². The first-order valence-corrected chi connectivity index (χ1v) is 10.4. The Hall–Kier alpha value is -2.36. The SMILES string of the molecule is O=C(COc1cccc2ccccc12)OCC(=O)C12CC3CC(CC(C3)C1)C2. The molecule has 4 aliphatic carbocycles. The van der Waals surface area contributed by atoms with Crippen LogP contribution in [-0.4, -0.2) is 25.0 Å². The molecule has 0 heterocycles. The van der Waals surface area contributed by atoms with Gasteiger partial charge in [0.1, 0.15) is 5.75 Å². The van der Waals surface area contributed by atoms with E-state index in [-0.39, 0.29) is 24.4 Å². The van der Waals surface area contributed by atoms with Crippen molar-refractivity contribution in [3.63, 3.8) is 0 Å². The van der Waals surface area contributed by atoms with Crippen molar-refractivity contribution in [2.24, 2.45) is 23.2 Å². The third-order valence-corrected chi connectivity index (χ3v) is 7.09. The molecule has 2 aromatic rings. The van der Waals surface area contributed by atoms with E-state index in [1.54, 1.807) is 0 Å². The number of benzene rings is 2. The highest BCUT2D eigenvalue weighted by Crippen LogP contribution is 2.60. The van der Waals surface area contributed by atoms with Crippen LogP contribution in [0.1, 0.15) is 38.5 Å². The number of carbonyl (C=O) groups excluding carboxylic acids is 2. The van der Waals surface area contributed by atoms with Crippen molar-refractivity contribution < 1.29 is 19.1 Å². The van der Waals surface area contributed by atoms with Gasteiger partial charge in [-0.2, -0.15) is 0 Å². The summed E-state index contributed by atoms with van der Waals surface area (Å²) in [4.78, 5) is 25.1. The van der Waals surface area contributed by atoms with Crippen LogP contribution in [0.25, 0.3) is 10.8 Å². The molecule has 4 aliphatic rings. The number of Topliss-reactive ketones (excluding diaryl/α,β-unsaturated/α-hetero) is 1. The highest BCUT2D eigenvalue weighted by Gasteiger charge is 2.54. The van der Waals surface area contributed by atoms with Crippen molar-refractivity contribution in [3.8, 4) is 5.75 Å². The standard InChI is InChI=1S/C24H26O4/c25-22(24-11-16-8-17(12-24)10-18(9-16)13-24)14-28-23(26)15-27-21-7-3-5-19-4-1-2-6-20(19)21/h1-7,16-18H,8-15H2. The summed E-state index contributed by atoms with van der Waals surface area (Å²) in [6.07, 6.45) is 6.90. The van der Waals surface area contributed by atoms with Crippen molar-refractivity contribution in [2.45, 2.75) is 38.5 Å². The normalized spacial score (nSPS) is 30.4. The van der Waals surface area contributed by atoms with Gasteiger partial charge in [0, 0.05) is 10.8 Å². The zero-order chi connectivity index (χ0) is 19.1. The van der Waals surface area contributed by atoms with Crippen LogP contribution in [-0.2, 0) is 14.3 Å². The van der Waals surface area contributed by atoms with E-state index >= 15 is 0 Å². The van der Waals surface area contributed by atoms with Gasteiger partial charge in [-0.3, -0.25) is 4.79 Å². The lowest BCUT2D eigenvalue weighted by Crippen LogP contribution is -2.51. The summed E-state index contributed by atoms with van der Waals surface area (Å²) in [6.45, 7) is -0.286. The Bertz CT molecular complexity index is 875. The van der Waals surface area contributed by atoms with Crippen molar-refractivity contribution >= 4 is 22.5 Å². The van der Waals surface area contributed by atoms with Gasteiger partial charge in [-0.1, -0.05) is 36.4 Å². The fraction of sp³-hybridized carbons (Fsp3) is 0.500. The first-order valence-electron chi connectivity index (χ1n) is 10.4. The molecule has 0 saturated heterocycles. The monoisotopic (exact) mass is 378 g/mol.